The molecule has 0 bridgehead atoms. The van der Waals surface area contributed by atoms with E-state index in [-0.39, 0.29) is 17.9 Å². The normalized spacial score (nSPS) is 14.1. The first-order chi connectivity index (χ1) is 15.5. The number of nitrogens with one attached hydrogen (secondary N) is 1. The molecule has 1 fully saturated rings. The van der Waals surface area contributed by atoms with Crippen molar-refractivity contribution in [1.82, 2.24) is 10.2 Å². The van der Waals surface area contributed by atoms with Crippen LogP contribution in [0.2, 0.25) is 0 Å². The van der Waals surface area contributed by atoms with Crippen molar-refractivity contribution >= 4 is 17.5 Å². The molecule has 0 aromatic heterocycles. The van der Waals surface area contributed by atoms with Crippen LogP contribution in [-0.2, 0) is 0 Å². The Hall–Kier alpha value is -3.60. The Kier molecular flexibility index (Phi) is 6.55. The number of anilines is 1. The minimum Gasteiger partial charge on any atom is -0.378 e. The van der Waals surface area contributed by atoms with E-state index < -0.39 is 0 Å². The molecule has 1 saturated heterocycles. The van der Waals surface area contributed by atoms with E-state index in [9.17, 15) is 9.59 Å². The molecule has 164 valence electrons. The molecule has 32 heavy (non-hydrogen) atoms. The highest BCUT2D eigenvalue weighted by molar-refractivity contribution is 5.95. The van der Waals surface area contributed by atoms with E-state index in [0.717, 1.165) is 29.7 Å². The molecule has 1 heterocycles. The van der Waals surface area contributed by atoms with E-state index in [1.807, 2.05) is 90.6 Å². The number of piperidine rings is 1. The largest absolute Gasteiger partial charge is 0.378 e. The second-order valence-corrected chi connectivity index (χ2v) is 8.42. The van der Waals surface area contributed by atoms with Crippen molar-refractivity contribution < 1.29 is 9.59 Å². The van der Waals surface area contributed by atoms with E-state index in [0.29, 0.717) is 24.2 Å². The first-order valence-corrected chi connectivity index (χ1v) is 11.0. The minimum atomic E-state index is -0.0587. The first kappa shape index (κ1) is 21.6. The highest BCUT2D eigenvalue weighted by Crippen LogP contribution is 2.21. The molecule has 0 saturated carbocycles. The topological polar surface area (TPSA) is 52.7 Å². The SMILES string of the molecule is CN(C)c1ccc(C(=O)NC2CCN(C(=O)c3ccc(-c4ccccc4)cc3)CC2)cc1. The van der Waals surface area contributed by atoms with E-state index in [1.165, 1.54) is 0 Å². The van der Waals surface area contributed by atoms with Crippen LogP contribution in [0, 0.1) is 0 Å². The Morgan fingerprint density at radius 2 is 1.34 bits per heavy atom. The van der Waals surface area contributed by atoms with E-state index in [2.05, 4.69) is 17.4 Å². The monoisotopic (exact) mass is 427 g/mol. The Labute approximate surface area is 189 Å². The maximum Gasteiger partial charge on any atom is 0.253 e. The van der Waals surface area contributed by atoms with Gasteiger partial charge in [-0.15, -0.1) is 0 Å². The van der Waals surface area contributed by atoms with Crippen molar-refractivity contribution in [3.63, 3.8) is 0 Å². The molecule has 0 spiro atoms. The zero-order valence-corrected chi connectivity index (χ0v) is 18.6. The number of nitrogens with zero attached hydrogens (tertiary/aromatic N) is 2. The molecular weight excluding hydrogens is 398 g/mol. The lowest BCUT2D eigenvalue weighted by Gasteiger charge is -2.32. The fourth-order valence-corrected chi connectivity index (χ4v) is 4.03. The number of amides is 2. The maximum absolute atomic E-state index is 12.9. The first-order valence-electron chi connectivity index (χ1n) is 11.0. The lowest BCUT2D eigenvalue weighted by atomic mass is 10.0. The quantitative estimate of drug-likeness (QED) is 0.654. The van der Waals surface area contributed by atoms with E-state index >= 15 is 0 Å². The molecule has 5 heteroatoms. The van der Waals surface area contributed by atoms with Crippen molar-refractivity contribution in [1.29, 1.82) is 0 Å². The predicted molar refractivity (Wildman–Crippen MR) is 129 cm³/mol. The summed E-state index contributed by atoms with van der Waals surface area (Å²) in [6, 6.07) is 25.6. The van der Waals surface area contributed by atoms with Gasteiger partial charge in [-0.25, -0.2) is 0 Å². The van der Waals surface area contributed by atoms with Gasteiger partial charge in [0.15, 0.2) is 0 Å². The average molecular weight is 428 g/mol. The number of hydrogen-bond acceptors (Lipinski definition) is 3. The van der Waals surface area contributed by atoms with Crippen molar-refractivity contribution in [2.45, 2.75) is 18.9 Å². The summed E-state index contributed by atoms with van der Waals surface area (Å²) in [6.07, 6.45) is 1.52. The number of carbonyl (C=O) groups is 2. The van der Waals surface area contributed by atoms with Crippen LogP contribution < -0.4 is 10.2 Å². The highest BCUT2D eigenvalue weighted by Gasteiger charge is 2.25. The fourth-order valence-electron chi connectivity index (χ4n) is 4.03. The standard InChI is InChI=1S/C27H29N3O2/c1-29(2)25-14-12-22(13-15-25)26(31)28-24-16-18-30(19-17-24)27(32)23-10-8-21(9-11-23)20-6-4-3-5-7-20/h3-15,24H,16-19H2,1-2H3,(H,28,31). The summed E-state index contributed by atoms with van der Waals surface area (Å²) in [6.45, 7) is 1.29. The molecular formula is C27H29N3O2. The summed E-state index contributed by atoms with van der Waals surface area (Å²) in [5.74, 6) is -0.00903. The van der Waals surface area contributed by atoms with Crippen LogP contribution in [-0.4, -0.2) is 49.9 Å². The van der Waals surface area contributed by atoms with Gasteiger partial charge < -0.3 is 15.1 Å². The summed E-state index contributed by atoms with van der Waals surface area (Å²) in [4.78, 5) is 29.4. The van der Waals surface area contributed by atoms with Crippen LogP contribution in [0.1, 0.15) is 33.6 Å². The van der Waals surface area contributed by atoms with E-state index in [1.54, 1.807) is 0 Å². The molecule has 4 rings (SSSR count). The van der Waals surface area contributed by atoms with E-state index in [4.69, 9.17) is 0 Å². The summed E-state index contributed by atoms with van der Waals surface area (Å²) in [5, 5.41) is 3.12. The zero-order valence-electron chi connectivity index (χ0n) is 18.6. The van der Waals surface area contributed by atoms with Gasteiger partial charge in [0.25, 0.3) is 11.8 Å². The fraction of sp³-hybridized carbons (Fsp3) is 0.259. The van der Waals surface area contributed by atoms with Crippen LogP contribution >= 0.6 is 0 Å². The van der Waals surface area contributed by atoms with Gasteiger partial charge in [0, 0.05) is 50.0 Å². The molecule has 3 aromatic carbocycles. The molecule has 2 amide bonds. The van der Waals surface area contributed by atoms with Crippen molar-refractivity contribution in [2.24, 2.45) is 0 Å². The molecule has 5 nitrogen and oxygen atoms in total. The maximum atomic E-state index is 12.9. The summed E-state index contributed by atoms with van der Waals surface area (Å²) in [5.41, 5.74) is 4.66. The smallest absolute Gasteiger partial charge is 0.253 e. The molecule has 1 aliphatic heterocycles. The van der Waals surface area contributed by atoms with Gasteiger partial charge in [0.2, 0.25) is 0 Å². The number of rotatable bonds is 5. The third kappa shape index (κ3) is 4.99. The van der Waals surface area contributed by atoms with Gasteiger partial charge in [-0.2, -0.15) is 0 Å². The molecule has 1 aliphatic rings. The molecule has 1 N–H and O–H groups in total. The van der Waals surface area contributed by atoms with Crippen LogP contribution in [0.25, 0.3) is 11.1 Å². The minimum absolute atomic E-state index is 0.0497. The second-order valence-electron chi connectivity index (χ2n) is 8.42. The lowest BCUT2D eigenvalue weighted by molar-refractivity contribution is 0.0698. The van der Waals surface area contributed by atoms with Crippen molar-refractivity contribution in [2.75, 3.05) is 32.1 Å². The highest BCUT2D eigenvalue weighted by atomic mass is 16.2. The van der Waals surface area contributed by atoms with Gasteiger partial charge in [-0.1, -0.05) is 42.5 Å². The number of benzene rings is 3. The molecule has 0 aliphatic carbocycles. The summed E-state index contributed by atoms with van der Waals surface area (Å²) >= 11 is 0. The Bertz CT molecular complexity index is 1050. The summed E-state index contributed by atoms with van der Waals surface area (Å²) in [7, 11) is 3.95. The second kappa shape index (κ2) is 9.69. The van der Waals surface area contributed by atoms with Crippen LogP contribution in [0.15, 0.2) is 78.9 Å². The Morgan fingerprint density at radius 3 is 1.94 bits per heavy atom. The van der Waals surface area contributed by atoms with Crippen LogP contribution in [0.3, 0.4) is 0 Å². The third-order valence-electron chi connectivity index (χ3n) is 6.00. The third-order valence-corrected chi connectivity index (χ3v) is 6.00. The van der Waals surface area contributed by atoms with Gasteiger partial charge in [-0.3, -0.25) is 9.59 Å². The zero-order chi connectivity index (χ0) is 22.5. The Balaban J connectivity index is 1.30. The number of carbonyl (C=O) groups excluding carboxylic acids is 2. The molecule has 3 aromatic rings. The lowest BCUT2D eigenvalue weighted by Crippen LogP contribution is -2.46. The van der Waals surface area contributed by atoms with Gasteiger partial charge in [0.05, 0.1) is 0 Å². The molecule has 0 radical (unpaired) electrons. The molecule has 0 unspecified atom stereocenters. The van der Waals surface area contributed by atoms with Crippen molar-refractivity contribution in [3.05, 3.63) is 90.0 Å². The van der Waals surface area contributed by atoms with Gasteiger partial charge in [-0.05, 0) is 60.4 Å². The van der Waals surface area contributed by atoms with Crippen LogP contribution in [0.5, 0.6) is 0 Å². The average Bonchev–Trinajstić information content (AvgIpc) is 2.85. The molecule has 0 atom stereocenters. The number of likely N-dealkylation sites (tertiary alicyclic amines) is 1. The van der Waals surface area contributed by atoms with Gasteiger partial charge >= 0.3 is 0 Å². The summed E-state index contributed by atoms with van der Waals surface area (Å²) < 4.78 is 0. The Morgan fingerprint density at radius 1 is 0.781 bits per heavy atom. The van der Waals surface area contributed by atoms with Crippen molar-refractivity contribution in [3.8, 4) is 11.1 Å². The van der Waals surface area contributed by atoms with Gasteiger partial charge in [0.1, 0.15) is 0 Å². The number of hydrogen-bond donors (Lipinski definition) is 1. The predicted octanol–water partition coefficient (Wildman–Crippen LogP) is 4.45. The van der Waals surface area contributed by atoms with Crippen LogP contribution in [0.4, 0.5) is 5.69 Å².